The molecule has 1 fully saturated rings. The van der Waals surface area contributed by atoms with Gasteiger partial charge in [0.15, 0.2) is 0 Å². The zero-order valence-electron chi connectivity index (χ0n) is 11.1. The van der Waals surface area contributed by atoms with Crippen molar-refractivity contribution in [3.63, 3.8) is 0 Å². The molecule has 4 nitrogen and oxygen atoms in total. The zero-order valence-corrected chi connectivity index (χ0v) is 11.1. The van der Waals surface area contributed by atoms with E-state index in [0.29, 0.717) is 0 Å². The minimum atomic E-state index is 0.795. The molecular formula is C13H30N4. The third-order valence-electron chi connectivity index (χ3n) is 3.06. The zero-order chi connectivity index (χ0) is 12.2. The molecule has 0 aromatic rings. The first-order valence-electron chi connectivity index (χ1n) is 7.28. The van der Waals surface area contributed by atoms with Crippen molar-refractivity contribution in [3.05, 3.63) is 0 Å². The summed E-state index contributed by atoms with van der Waals surface area (Å²) in [7, 11) is 0. The fourth-order valence-corrected chi connectivity index (χ4v) is 1.78. The maximum atomic E-state index is 5.42. The summed E-state index contributed by atoms with van der Waals surface area (Å²) < 4.78 is 0. The fourth-order valence-electron chi connectivity index (χ4n) is 1.78. The summed E-state index contributed by atoms with van der Waals surface area (Å²) in [4.78, 5) is 0. The molecule has 0 amide bonds. The van der Waals surface area contributed by atoms with Crippen molar-refractivity contribution in [2.45, 2.75) is 44.6 Å². The van der Waals surface area contributed by atoms with Gasteiger partial charge >= 0.3 is 0 Å². The van der Waals surface area contributed by atoms with Gasteiger partial charge in [-0.25, -0.2) is 0 Å². The van der Waals surface area contributed by atoms with Gasteiger partial charge in [-0.2, -0.15) is 0 Å². The van der Waals surface area contributed by atoms with Crippen LogP contribution in [0.5, 0.6) is 0 Å². The van der Waals surface area contributed by atoms with Crippen LogP contribution in [0.1, 0.15) is 38.5 Å². The van der Waals surface area contributed by atoms with Gasteiger partial charge in [-0.15, -0.1) is 0 Å². The largest absolute Gasteiger partial charge is 0.330 e. The molecule has 0 aliphatic heterocycles. The maximum absolute atomic E-state index is 5.42. The number of unbranched alkanes of at least 4 members (excludes halogenated alkanes) is 1. The van der Waals surface area contributed by atoms with Crippen molar-refractivity contribution in [2.24, 2.45) is 5.73 Å². The second-order valence-electron chi connectivity index (χ2n) is 4.93. The van der Waals surface area contributed by atoms with Gasteiger partial charge in [-0.3, -0.25) is 0 Å². The number of nitrogens with one attached hydrogen (secondary N) is 3. The van der Waals surface area contributed by atoms with Crippen LogP contribution in [0.4, 0.5) is 0 Å². The third-order valence-corrected chi connectivity index (χ3v) is 3.06. The van der Waals surface area contributed by atoms with E-state index in [0.717, 1.165) is 45.2 Å². The number of rotatable bonds is 13. The van der Waals surface area contributed by atoms with Crippen molar-refractivity contribution in [1.82, 2.24) is 16.0 Å². The Labute approximate surface area is 106 Å². The Balaban J connectivity index is 1.61. The highest BCUT2D eigenvalue weighted by molar-refractivity contribution is 4.80. The first kappa shape index (κ1) is 14.9. The normalized spacial score (nSPS) is 15.4. The molecule has 1 saturated carbocycles. The average molecular weight is 242 g/mol. The van der Waals surface area contributed by atoms with E-state index in [1.807, 2.05) is 0 Å². The predicted octanol–water partition coefficient (Wildman–Crippen LogP) is 0.437. The molecule has 0 heterocycles. The summed E-state index contributed by atoms with van der Waals surface area (Å²) in [6, 6.07) is 0.856. The molecular weight excluding hydrogens is 212 g/mol. The lowest BCUT2D eigenvalue weighted by Gasteiger charge is -2.06. The van der Waals surface area contributed by atoms with E-state index in [9.17, 15) is 0 Å². The van der Waals surface area contributed by atoms with Gasteiger partial charge < -0.3 is 21.7 Å². The topological polar surface area (TPSA) is 62.1 Å². The SMILES string of the molecule is NCCCNCCCCNCCCNC1CC1. The second-order valence-corrected chi connectivity index (χ2v) is 4.93. The fraction of sp³-hybridized carbons (Fsp3) is 1.00. The molecule has 17 heavy (non-hydrogen) atoms. The molecule has 0 radical (unpaired) electrons. The molecule has 1 rings (SSSR count). The minimum Gasteiger partial charge on any atom is -0.330 e. The van der Waals surface area contributed by atoms with Gasteiger partial charge in [-0.1, -0.05) is 0 Å². The number of nitrogens with two attached hydrogens (primary N) is 1. The Morgan fingerprint density at radius 2 is 1.35 bits per heavy atom. The highest BCUT2D eigenvalue weighted by Crippen LogP contribution is 2.18. The van der Waals surface area contributed by atoms with Crippen molar-refractivity contribution in [1.29, 1.82) is 0 Å². The first-order chi connectivity index (χ1) is 8.43. The smallest absolute Gasteiger partial charge is 0.00682 e. The van der Waals surface area contributed by atoms with Gasteiger partial charge in [0.05, 0.1) is 0 Å². The van der Waals surface area contributed by atoms with E-state index in [4.69, 9.17) is 5.73 Å². The summed E-state index contributed by atoms with van der Waals surface area (Å²) >= 11 is 0. The Hall–Kier alpha value is -0.160. The predicted molar refractivity (Wildman–Crippen MR) is 74.3 cm³/mol. The van der Waals surface area contributed by atoms with Crippen molar-refractivity contribution < 1.29 is 0 Å². The van der Waals surface area contributed by atoms with Gasteiger partial charge in [-0.05, 0) is 77.8 Å². The lowest BCUT2D eigenvalue weighted by Crippen LogP contribution is -2.24. The van der Waals surface area contributed by atoms with Crippen LogP contribution in [0.15, 0.2) is 0 Å². The van der Waals surface area contributed by atoms with Gasteiger partial charge in [0.2, 0.25) is 0 Å². The summed E-state index contributed by atoms with van der Waals surface area (Å²) in [5.74, 6) is 0. The molecule has 0 atom stereocenters. The van der Waals surface area contributed by atoms with Crippen LogP contribution in [-0.2, 0) is 0 Å². The molecule has 102 valence electrons. The van der Waals surface area contributed by atoms with E-state index in [1.165, 1.54) is 38.6 Å². The Kier molecular flexibility index (Phi) is 9.61. The molecule has 0 spiro atoms. The van der Waals surface area contributed by atoms with Crippen LogP contribution in [0.3, 0.4) is 0 Å². The van der Waals surface area contributed by atoms with E-state index < -0.39 is 0 Å². The van der Waals surface area contributed by atoms with Crippen LogP contribution < -0.4 is 21.7 Å². The molecule has 1 aliphatic rings. The summed E-state index contributed by atoms with van der Waals surface area (Å²) in [6.07, 6.45) is 7.66. The highest BCUT2D eigenvalue weighted by Gasteiger charge is 2.19. The molecule has 0 bridgehead atoms. The van der Waals surface area contributed by atoms with E-state index in [2.05, 4.69) is 16.0 Å². The van der Waals surface area contributed by atoms with Crippen molar-refractivity contribution >= 4 is 0 Å². The minimum absolute atomic E-state index is 0.795. The highest BCUT2D eigenvalue weighted by atomic mass is 14.9. The monoisotopic (exact) mass is 242 g/mol. The van der Waals surface area contributed by atoms with E-state index in [-0.39, 0.29) is 0 Å². The van der Waals surface area contributed by atoms with Crippen molar-refractivity contribution in [3.8, 4) is 0 Å². The first-order valence-corrected chi connectivity index (χ1v) is 7.28. The van der Waals surface area contributed by atoms with Crippen molar-refractivity contribution in [2.75, 3.05) is 39.3 Å². The van der Waals surface area contributed by atoms with Crippen LogP contribution in [0.2, 0.25) is 0 Å². The van der Waals surface area contributed by atoms with Gasteiger partial charge in [0, 0.05) is 6.04 Å². The number of hydrogen-bond donors (Lipinski definition) is 4. The van der Waals surface area contributed by atoms with Gasteiger partial charge in [0.25, 0.3) is 0 Å². The molecule has 1 aliphatic carbocycles. The third kappa shape index (κ3) is 10.7. The van der Waals surface area contributed by atoms with E-state index >= 15 is 0 Å². The maximum Gasteiger partial charge on any atom is 0.00682 e. The molecule has 0 saturated heterocycles. The standard InChI is InChI=1S/C13H30N4/c14-7-3-10-15-8-1-2-9-16-11-4-12-17-13-5-6-13/h13,15-17H,1-12,14H2. The van der Waals surface area contributed by atoms with Crippen LogP contribution in [0, 0.1) is 0 Å². The Morgan fingerprint density at radius 3 is 1.94 bits per heavy atom. The molecule has 5 N–H and O–H groups in total. The Bertz CT molecular complexity index is 159. The summed E-state index contributed by atoms with van der Waals surface area (Å²) in [6.45, 7) is 6.48. The van der Waals surface area contributed by atoms with E-state index in [1.54, 1.807) is 0 Å². The lowest BCUT2D eigenvalue weighted by atomic mass is 10.3. The van der Waals surface area contributed by atoms with Crippen LogP contribution in [0.25, 0.3) is 0 Å². The molecule has 0 aromatic carbocycles. The molecule has 0 aromatic heterocycles. The lowest BCUT2D eigenvalue weighted by molar-refractivity contribution is 0.555. The average Bonchev–Trinajstić information content (AvgIpc) is 3.15. The van der Waals surface area contributed by atoms with Crippen LogP contribution >= 0.6 is 0 Å². The Morgan fingerprint density at radius 1 is 0.765 bits per heavy atom. The quantitative estimate of drug-likeness (QED) is 0.354. The molecule has 4 heteroatoms. The van der Waals surface area contributed by atoms with Gasteiger partial charge in [0.1, 0.15) is 0 Å². The summed E-state index contributed by atoms with van der Waals surface area (Å²) in [5, 5.41) is 10.4. The molecule has 0 unspecified atom stereocenters. The van der Waals surface area contributed by atoms with Crippen LogP contribution in [-0.4, -0.2) is 45.3 Å². The summed E-state index contributed by atoms with van der Waals surface area (Å²) in [5.41, 5.74) is 5.42. The number of hydrogen-bond acceptors (Lipinski definition) is 4. The second kappa shape index (κ2) is 11.0.